The summed E-state index contributed by atoms with van der Waals surface area (Å²) >= 11 is 0. The molecule has 2 aliphatic rings. The van der Waals surface area contributed by atoms with Crippen LogP contribution >= 0.6 is 0 Å². The van der Waals surface area contributed by atoms with Gasteiger partial charge in [0, 0.05) is 29.9 Å². The van der Waals surface area contributed by atoms with Crippen molar-refractivity contribution in [3.8, 4) is 5.75 Å². The molecular weight excluding hydrogens is 252 g/mol. The molecule has 0 bridgehead atoms. The summed E-state index contributed by atoms with van der Waals surface area (Å²) in [6, 6.07) is 6.43. The molecule has 0 aromatic heterocycles. The second kappa shape index (κ2) is 5.62. The van der Waals surface area contributed by atoms with Crippen molar-refractivity contribution in [3.05, 3.63) is 23.8 Å². The molecule has 1 saturated heterocycles. The molecule has 1 aromatic rings. The quantitative estimate of drug-likeness (QED) is 0.920. The number of nitrogens with zero attached hydrogens (tertiary/aromatic N) is 1. The number of anilines is 1. The highest BCUT2D eigenvalue weighted by molar-refractivity contribution is 5.55. The molecule has 1 aromatic carbocycles. The molecule has 0 amide bonds. The van der Waals surface area contributed by atoms with Gasteiger partial charge in [-0.25, -0.2) is 0 Å². The maximum absolute atomic E-state index is 6.63. The second-order valence-electron chi connectivity index (χ2n) is 5.85. The molecule has 2 fully saturated rings. The summed E-state index contributed by atoms with van der Waals surface area (Å²) in [5.74, 6) is 0.923. The minimum Gasteiger partial charge on any atom is -0.496 e. The van der Waals surface area contributed by atoms with Crippen molar-refractivity contribution >= 4 is 5.69 Å². The van der Waals surface area contributed by atoms with E-state index in [0.29, 0.717) is 0 Å². The Kier molecular flexibility index (Phi) is 3.85. The van der Waals surface area contributed by atoms with E-state index in [4.69, 9.17) is 15.2 Å². The van der Waals surface area contributed by atoms with E-state index in [1.807, 2.05) is 0 Å². The summed E-state index contributed by atoms with van der Waals surface area (Å²) in [7, 11) is 1.73. The fourth-order valence-electron chi connectivity index (χ4n) is 3.38. The van der Waals surface area contributed by atoms with E-state index in [-0.39, 0.29) is 5.54 Å². The number of methoxy groups -OCH3 is 1. The second-order valence-corrected chi connectivity index (χ2v) is 5.85. The first-order valence-corrected chi connectivity index (χ1v) is 7.53. The molecule has 0 unspecified atom stereocenters. The van der Waals surface area contributed by atoms with Crippen LogP contribution in [0.4, 0.5) is 5.69 Å². The van der Waals surface area contributed by atoms with E-state index < -0.39 is 0 Å². The lowest BCUT2D eigenvalue weighted by Gasteiger charge is -2.32. The monoisotopic (exact) mass is 276 g/mol. The van der Waals surface area contributed by atoms with Crippen LogP contribution in [0.1, 0.15) is 31.2 Å². The summed E-state index contributed by atoms with van der Waals surface area (Å²) in [6.45, 7) is 3.50. The van der Waals surface area contributed by atoms with Crippen molar-refractivity contribution < 1.29 is 9.47 Å². The molecule has 1 saturated carbocycles. The van der Waals surface area contributed by atoms with Crippen molar-refractivity contribution in [2.24, 2.45) is 5.73 Å². The van der Waals surface area contributed by atoms with Gasteiger partial charge in [0.1, 0.15) is 5.75 Å². The highest BCUT2D eigenvalue weighted by Crippen LogP contribution is 2.42. The van der Waals surface area contributed by atoms with Gasteiger partial charge in [0.05, 0.1) is 20.3 Å². The molecule has 0 radical (unpaired) electrons. The van der Waals surface area contributed by atoms with Crippen molar-refractivity contribution in [3.63, 3.8) is 0 Å². The molecular formula is C16H24N2O2. The first-order valence-electron chi connectivity index (χ1n) is 7.53. The van der Waals surface area contributed by atoms with Crippen LogP contribution in [-0.2, 0) is 10.3 Å². The molecule has 1 aliphatic heterocycles. The van der Waals surface area contributed by atoms with Crippen molar-refractivity contribution in [1.82, 2.24) is 0 Å². The van der Waals surface area contributed by atoms with Gasteiger partial charge in [-0.05, 0) is 31.0 Å². The Balaban J connectivity index is 1.94. The van der Waals surface area contributed by atoms with Gasteiger partial charge >= 0.3 is 0 Å². The van der Waals surface area contributed by atoms with Crippen LogP contribution in [0.15, 0.2) is 18.2 Å². The van der Waals surface area contributed by atoms with Crippen LogP contribution in [0, 0.1) is 0 Å². The minimum absolute atomic E-state index is 0.215. The number of benzene rings is 1. The Bertz CT molecular complexity index is 464. The first-order chi connectivity index (χ1) is 9.73. The van der Waals surface area contributed by atoms with Gasteiger partial charge in [-0.1, -0.05) is 12.8 Å². The maximum Gasteiger partial charge on any atom is 0.124 e. The van der Waals surface area contributed by atoms with Gasteiger partial charge in [-0.2, -0.15) is 0 Å². The zero-order valence-electron chi connectivity index (χ0n) is 12.2. The van der Waals surface area contributed by atoms with Crippen LogP contribution in [0.25, 0.3) is 0 Å². The van der Waals surface area contributed by atoms with Crippen LogP contribution < -0.4 is 15.4 Å². The summed E-state index contributed by atoms with van der Waals surface area (Å²) in [5, 5.41) is 0. The first kappa shape index (κ1) is 13.7. The van der Waals surface area contributed by atoms with E-state index >= 15 is 0 Å². The van der Waals surface area contributed by atoms with E-state index in [9.17, 15) is 0 Å². The van der Waals surface area contributed by atoms with E-state index in [1.54, 1.807) is 7.11 Å². The lowest BCUT2D eigenvalue weighted by atomic mass is 9.88. The molecule has 1 heterocycles. The normalized spacial score (nSPS) is 22.0. The minimum atomic E-state index is -0.215. The smallest absolute Gasteiger partial charge is 0.124 e. The molecule has 3 rings (SSSR count). The number of ether oxygens (including phenoxy) is 2. The number of hydrogen-bond donors (Lipinski definition) is 1. The highest BCUT2D eigenvalue weighted by atomic mass is 16.5. The highest BCUT2D eigenvalue weighted by Gasteiger charge is 2.34. The summed E-state index contributed by atoms with van der Waals surface area (Å²) in [4.78, 5) is 2.37. The van der Waals surface area contributed by atoms with Crippen molar-refractivity contribution in [2.75, 3.05) is 38.3 Å². The van der Waals surface area contributed by atoms with Gasteiger partial charge in [-0.3, -0.25) is 0 Å². The Hall–Kier alpha value is -1.26. The Morgan fingerprint density at radius 2 is 1.90 bits per heavy atom. The average Bonchev–Trinajstić information content (AvgIpc) is 2.95. The van der Waals surface area contributed by atoms with Crippen LogP contribution in [0.2, 0.25) is 0 Å². The molecule has 110 valence electrons. The number of rotatable bonds is 3. The molecule has 20 heavy (non-hydrogen) atoms. The molecule has 0 spiro atoms. The summed E-state index contributed by atoms with van der Waals surface area (Å²) < 4.78 is 11.0. The molecule has 4 nitrogen and oxygen atoms in total. The van der Waals surface area contributed by atoms with Gasteiger partial charge in [0.15, 0.2) is 0 Å². The van der Waals surface area contributed by atoms with Crippen LogP contribution in [-0.4, -0.2) is 33.4 Å². The fourth-order valence-corrected chi connectivity index (χ4v) is 3.38. The zero-order valence-corrected chi connectivity index (χ0v) is 12.2. The summed E-state index contributed by atoms with van der Waals surface area (Å²) in [6.07, 6.45) is 4.52. The van der Waals surface area contributed by atoms with E-state index in [2.05, 4.69) is 23.1 Å². The van der Waals surface area contributed by atoms with Crippen molar-refractivity contribution in [2.45, 2.75) is 31.2 Å². The van der Waals surface area contributed by atoms with E-state index in [1.165, 1.54) is 24.1 Å². The zero-order chi connectivity index (χ0) is 14.0. The van der Waals surface area contributed by atoms with Crippen molar-refractivity contribution in [1.29, 1.82) is 0 Å². The largest absolute Gasteiger partial charge is 0.496 e. The molecule has 0 atom stereocenters. The van der Waals surface area contributed by atoms with Gasteiger partial charge in [0.2, 0.25) is 0 Å². The van der Waals surface area contributed by atoms with Crippen LogP contribution in [0.3, 0.4) is 0 Å². The van der Waals surface area contributed by atoms with Crippen LogP contribution in [0.5, 0.6) is 5.75 Å². The molecule has 1 aliphatic carbocycles. The Morgan fingerprint density at radius 1 is 1.20 bits per heavy atom. The number of hydrogen-bond acceptors (Lipinski definition) is 4. The molecule has 2 N–H and O–H groups in total. The standard InChI is InChI=1S/C16H24N2O2/c1-19-15-5-4-13(18-8-10-20-11-9-18)12-14(15)16(17)6-2-3-7-16/h4-5,12H,2-3,6-11,17H2,1H3. The van der Waals surface area contributed by atoms with Gasteiger partial charge in [-0.15, -0.1) is 0 Å². The van der Waals surface area contributed by atoms with E-state index in [0.717, 1.165) is 44.9 Å². The number of morpholine rings is 1. The third kappa shape index (κ3) is 2.50. The SMILES string of the molecule is COc1ccc(N2CCOCC2)cc1C1(N)CCCC1. The summed E-state index contributed by atoms with van der Waals surface area (Å²) in [5.41, 5.74) is 8.82. The fraction of sp³-hybridized carbons (Fsp3) is 0.625. The topological polar surface area (TPSA) is 47.7 Å². The Labute approximate surface area is 120 Å². The van der Waals surface area contributed by atoms with Gasteiger partial charge < -0.3 is 20.1 Å². The van der Waals surface area contributed by atoms with Gasteiger partial charge in [0.25, 0.3) is 0 Å². The average molecular weight is 276 g/mol. The lowest BCUT2D eigenvalue weighted by molar-refractivity contribution is 0.122. The third-order valence-electron chi connectivity index (χ3n) is 4.59. The maximum atomic E-state index is 6.63. The predicted octanol–water partition coefficient (Wildman–Crippen LogP) is 2.26. The number of nitrogens with two attached hydrogens (primary N) is 1. The Morgan fingerprint density at radius 3 is 2.55 bits per heavy atom. The molecule has 4 heteroatoms. The third-order valence-corrected chi connectivity index (χ3v) is 4.59. The predicted molar refractivity (Wildman–Crippen MR) is 80.4 cm³/mol. The lowest BCUT2D eigenvalue weighted by Crippen LogP contribution is -2.37.